The SMILES string of the molecule is CCCCCCCCOC(=O)CCCCCCCBr. The smallest absolute Gasteiger partial charge is 0.305 e. The Morgan fingerprint density at radius 3 is 2.11 bits per heavy atom. The van der Waals surface area contributed by atoms with Crippen LogP contribution in [0.25, 0.3) is 0 Å². The Balaban J connectivity index is 3.13. The third-order valence-corrected chi connectivity index (χ3v) is 3.84. The maximum absolute atomic E-state index is 11.4. The summed E-state index contributed by atoms with van der Waals surface area (Å²) in [6, 6.07) is 0. The zero-order chi connectivity index (χ0) is 14.2. The summed E-state index contributed by atoms with van der Waals surface area (Å²) in [5.74, 6) is -0.00551. The Bertz CT molecular complexity index is 195. The molecule has 0 fully saturated rings. The number of carbonyl (C=O) groups excluding carboxylic acids is 1. The van der Waals surface area contributed by atoms with Crippen molar-refractivity contribution in [2.75, 3.05) is 11.9 Å². The van der Waals surface area contributed by atoms with Gasteiger partial charge in [0.25, 0.3) is 0 Å². The van der Waals surface area contributed by atoms with Gasteiger partial charge in [-0.25, -0.2) is 0 Å². The summed E-state index contributed by atoms with van der Waals surface area (Å²) in [5, 5.41) is 1.09. The van der Waals surface area contributed by atoms with Gasteiger partial charge >= 0.3 is 5.97 Å². The Labute approximate surface area is 127 Å². The summed E-state index contributed by atoms with van der Waals surface area (Å²) < 4.78 is 5.23. The van der Waals surface area contributed by atoms with Crippen molar-refractivity contribution in [1.82, 2.24) is 0 Å². The number of alkyl halides is 1. The van der Waals surface area contributed by atoms with Gasteiger partial charge in [-0.3, -0.25) is 4.79 Å². The van der Waals surface area contributed by atoms with Crippen LogP contribution in [0.2, 0.25) is 0 Å². The van der Waals surface area contributed by atoms with Gasteiger partial charge in [0, 0.05) is 11.8 Å². The fourth-order valence-corrected chi connectivity index (χ4v) is 2.43. The Hall–Kier alpha value is -0.0500. The van der Waals surface area contributed by atoms with Gasteiger partial charge in [0.15, 0.2) is 0 Å². The monoisotopic (exact) mass is 334 g/mol. The van der Waals surface area contributed by atoms with Crippen LogP contribution in [0, 0.1) is 0 Å². The molecule has 114 valence electrons. The first kappa shape index (κ1) is 18.9. The molecule has 19 heavy (non-hydrogen) atoms. The molecule has 0 N–H and O–H groups in total. The van der Waals surface area contributed by atoms with Crippen LogP contribution in [-0.4, -0.2) is 17.9 Å². The zero-order valence-corrected chi connectivity index (χ0v) is 14.2. The van der Waals surface area contributed by atoms with Crippen LogP contribution in [0.1, 0.15) is 84.0 Å². The lowest BCUT2D eigenvalue weighted by Crippen LogP contribution is -2.05. The Morgan fingerprint density at radius 1 is 0.842 bits per heavy atom. The second-order valence-electron chi connectivity index (χ2n) is 5.19. The van der Waals surface area contributed by atoms with Crippen LogP contribution in [0.4, 0.5) is 0 Å². The molecule has 0 rings (SSSR count). The molecule has 0 bridgehead atoms. The highest BCUT2D eigenvalue weighted by molar-refractivity contribution is 9.09. The van der Waals surface area contributed by atoms with Gasteiger partial charge < -0.3 is 4.74 Å². The molecule has 3 heteroatoms. The minimum absolute atomic E-state index is 0.00551. The quantitative estimate of drug-likeness (QED) is 0.234. The zero-order valence-electron chi connectivity index (χ0n) is 12.6. The largest absolute Gasteiger partial charge is 0.466 e. The number of ether oxygens (including phenoxy) is 1. The molecular weight excluding hydrogens is 304 g/mol. The Morgan fingerprint density at radius 2 is 1.42 bits per heavy atom. The number of rotatable bonds is 14. The highest BCUT2D eigenvalue weighted by atomic mass is 79.9. The van der Waals surface area contributed by atoms with Crippen molar-refractivity contribution in [2.45, 2.75) is 84.0 Å². The van der Waals surface area contributed by atoms with E-state index in [1.165, 1.54) is 51.4 Å². The first-order valence-corrected chi connectivity index (χ1v) is 9.15. The maximum atomic E-state index is 11.4. The third kappa shape index (κ3) is 15.9. The van der Waals surface area contributed by atoms with Crippen LogP contribution < -0.4 is 0 Å². The number of hydrogen-bond acceptors (Lipinski definition) is 2. The van der Waals surface area contributed by atoms with Crippen LogP contribution >= 0.6 is 15.9 Å². The van der Waals surface area contributed by atoms with Gasteiger partial charge in [-0.2, -0.15) is 0 Å². The van der Waals surface area contributed by atoms with Gasteiger partial charge in [0.1, 0.15) is 0 Å². The second kappa shape index (κ2) is 16.0. The van der Waals surface area contributed by atoms with E-state index in [9.17, 15) is 4.79 Å². The number of hydrogen-bond donors (Lipinski definition) is 0. The van der Waals surface area contributed by atoms with E-state index in [4.69, 9.17) is 4.74 Å². The van der Waals surface area contributed by atoms with Crippen LogP contribution in [0.15, 0.2) is 0 Å². The number of unbranched alkanes of at least 4 members (excludes halogenated alkanes) is 9. The van der Waals surface area contributed by atoms with Crippen molar-refractivity contribution in [3.05, 3.63) is 0 Å². The van der Waals surface area contributed by atoms with Crippen molar-refractivity contribution in [3.63, 3.8) is 0 Å². The molecule has 0 unspecified atom stereocenters. The van der Waals surface area contributed by atoms with E-state index >= 15 is 0 Å². The lowest BCUT2D eigenvalue weighted by molar-refractivity contribution is -0.143. The van der Waals surface area contributed by atoms with Crippen LogP contribution in [0.3, 0.4) is 0 Å². The van der Waals surface area contributed by atoms with Gasteiger partial charge in [-0.05, 0) is 19.3 Å². The fourth-order valence-electron chi connectivity index (χ4n) is 2.03. The highest BCUT2D eigenvalue weighted by Gasteiger charge is 2.02. The molecular formula is C16H31BrO2. The van der Waals surface area contributed by atoms with E-state index in [-0.39, 0.29) is 5.97 Å². The first-order valence-electron chi connectivity index (χ1n) is 8.02. The molecule has 0 saturated carbocycles. The lowest BCUT2D eigenvalue weighted by Gasteiger charge is -2.05. The van der Waals surface area contributed by atoms with Crippen molar-refractivity contribution in [1.29, 1.82) is 0 Å². The van der Waals surface area contributed by atoms with Crippen molar-refractivity contribution in [3.8, 4) is 0 Å². The highest BCUT2D eigenvalue weighted by Crippen LogP contribution is 2.08. The molecule has 0 aromatic rings. The summed E-state index contributed by atoms with van der Waals surface area (Å²) in [4.78, 5) is 11.4. The molecule has 0 aromatic carbocycles. The van der Waals surface area contributed by atoms with E-state index in [0.717, 1.165) is 24.6 Å². The van der Waals surface area contributed by atoms with Gasteiger partial charge in [-0.1, -0.05) is 74.2 Å². The summed E-state index contributed by atoms with van der Waals surface area (Å²) >= 11 is 3.42. The second-order valence-corrected chi connectivity index (χ2v) is 5.99. The third-order valence-electron chi connectivity index (χ3n) is 3.28. The van der Waals surface area contributed by atoms with Crippen molar-refractivity contribution >= 4 is 21.9 Å². The van der Waals surface area contributed by atoms with E-state index in [0.29, 0.717) is 13.0 Å². The van der Waals surface area contributed by atoms with E-state index in [1.54, 1.807) is 0 Å². The van der Waals surface area contributed by atoms with E-state index in [2.05, 4.69) is 22.9 Å². The minimum atomic E-state index is -0.00551. The van der Waals surface area contributed by atoms with Gasteiger partial charge in [-0.15, -0.1) is 0 Å². The molecule has 2 nitrogen and oxygen atoms in total. The minimum Gasteiger partial charge on any atom is -0.466 e. The number of carbonyl (C=O) groups is 1. The topological polar surface area (TPSA) is 26.3 Å². The maximum Gasteiger partial charge on any atom is 0.305 e. The van der Waals surface area contributed by atoms with Gasteiger partial charge in [0.2, 0.25) is 0 Å². The standard InChI is InChI=1S/C16H31BrO2/c1-2-3-4-5-9-12-15-19-16(18)13-10-7-6-8-11-14-17/h2-15H2,1H3. The average molecular weight is 335 g/mol. The molecule has 0 amide bonds. The van der Waals surface area contributed by atoms with Crippen LogP contribution in [0.5, 0.6) is 0 Å². The first-order chi connectivity index (χ1) is 9.31. The van der Waals surface area contributed by atoms with Crippen molar-refractivity contribution < 1.29 is 9.53 Å². The summed E-state index contributed by atoms with van der Waals surface area (Å²) in [5.41, 5.74) is 0. The van der Waals surface area contributed by atoms with Gasteiger partial charge in [0.05, 0.1) is 6.61 Å². The summed E-state index contributed by atoms with van der Waals surface area (Å²) in [7, 11) is 0. The van der Waals surface area contributed by atoms with E-state index < -0.39 is 0 Å². The lowest BCUT2D eigenvalue weighted by atomic mass is 10.1. The fraction of sp³-hybridized carbons (Fsp3) is 0.938. The molecule has 0 atom stereocenters. The number of esters is 1. The molecule has 0 heterocycles. The molecule has 0 radical (unpaired) electrons. The molecule has 0 aliphatic carbocycles. The predicted molar refractivity (Wildman–Crippen MR) is 85.8 cm³/mol. The average Bonchev–Trinajstić information content (AvgIpc) is 2.41. The van der Waals surface area contributed by atoms with E-state index in [1.807, 2.05) is 0 Å². The van der Waals surface area contributed by atoms with Crippen LogP contribution in [-0.2, 0) is 9.53 Å². The molecule has 0 spiro atoms. The Kier molecular flexibility index (Phi) is 16.0. The normalized spacial score (nSPS) is 10.6. The predicted octanol–water partition coefficient (Wildman–Crippen LogP) is 5.63. The number of halogens is 1. The summed E-state index contributed by atoms with van der Waals surface area (Å²) in [6.07, 6.45) is 13.9. The molecule has 0 aliphatic heterocycles. The molecule has 0 aliphatic rings. The molecule has 0 aromatic heterocycles. The van der Waals surface area contributed by atoms with Crippen molar-refractivity contribution in [2.24, 2.45) is 0 Å². The molecule has 0 saturated heterocycles. The summed E-state index contributed by atoms with van der Waals surface area (Å²) in [6.45, 7) is 2.84.